The Balaban J connectivity index is 2.10. The molecule has 0 radical (unpaired) electrons. The predicted molar refractivity (Wildman–Crippen MR) is 65.5 cm³/mol. The first-order valence-electron chi connectivity index (χ1n) is 5.84. The van der Waals surface area contributed by atoms with Gasteiger partial charge in [-0.3, -0.25) is 4.90 Å². The summed E-state index contributed by atoms with van der Waals surface area (Å²) in [5, 5.41) is 0.400. The van der Waals surface area contributed by atoms with E-state index in [-0.39, 0.29) is 11.9 Å². The molecular weight excluding hydrogens is 241 g/mol. The number of likely N-dealkylation sites (tertiary alicyclic amines) is 1. The van der Waals surface area contributed by atoms with E-state index in [2.05, 4.69) is 0 Å². The molecule has 1 fully saturated rings. The summed E-state index contributed by atoms with van der Waals surface area (Å²) in [6.45, 7) is 1.33. The number of benzene rings is 1. The van der Waals surface area contributed by atoms with Crippen molar-refractivity contribution in [2.24, 2.45) is 0 Å². The molecule has 17 heavy (non-hydrogen) atoms. The van der Waals surface area contributed by atoms with Crippen molar-refractivity contribution in [3.63, 3.8) is 0 Å². The quantitative estimate of drug-likeness (QED) is 0.774. The molecule has 0 spiro atoms. The zero-order chi connectivity index (χ0) is 12.3. The van der Waals surface area contributed by atoms with E-state index in [0.717, 1.165) is 32.1 Å². The fourth-order valence-electron chi connectivity index (χ4n) is 2.24. The number of hydrogen-bond donors (Lipinski definition) is 0. The third kappa shape index (κ3) is 3.05. The van der Waals surface area contributed by atoms with E-state index in [0.29, 0.717) is 17.1 Å². The number of nitrogens with zero attached hydrogens (tertiary/aromatic N) is 1. The minimum atomic E-state index is -0.298. The number of rotatable bonds is 3. The molecule has 1 aliphatic heterocycles. The van der Waals surface area contributed by atoms with Crippen LogP contribution in [0.3, 0.4) is 0 Å². The van der Waals surface area contributed by atoms with Crippen LogP contribution in [0.1, 0.15) is 24.8 Å². The predicted octanol–water partition coefficient (Wildman–Crippen LogP) is 3.03. The lowest BCUT2D eigenvalue weighted by Gasteiger charge is -2.32. The van der Waals surface area contributed by atoms with Gasteiger partial charge in [-0.15, -0.1) is 0 Å². The van der Waals surface area contributed by atoms with Crippen LogP contribution in [-0.2, 0) is 11.3 Å². The van der Waals surface area contributed by atoms with Crippen molar-refractivity contribution in [3.8, 4) is 0 Å². The molecule has 0 aliphatic carbocycles. The normalized spacial score (nSPS) is 21.4. The number of carbonyl (C=O) groups is 1. The zero-order valence-corrected chi connectivity index (χ0v) is 10.3. The topological polar surface area (TPSA) is 20.3 Å². The zero-order valence-electron chi connectivity index (χ0n) is 9.53. The summed E-state index contributed by atoms with van der Waals surface area (Å²) in [6.07, 6.45) is 3.98. The average molecular weight is 256 g/mol. The molecule has 0 aromatic heterocycles. The van der Waals surface area contributed by atoms with Crippen molar-refractivity contribution in [2.75, 3.05) is 6.54 Å². The van der Waals surface area contributed by atoms with Gasteiger partial charge in [0.25, 0.3) is 0 Å². The lowest BCUT2D eigenvalue weighted by atomic mass is 10.0. The first kappa shape index (κ1) is 12.5. The second-order valence-electron chi connectivity index (χ2n) is 4.41. The maximum Gasteiger partial charge on any atom is 0.137 e. The van der Waals surface area contributed by atoms with E-state index in [1.807, 2.05) is 4.90 Å². The van der Waals surface area contributed by atoms with Gasteiger partial charge in [0.05, 0.1) is 6.04 Å². The van der Waals surface area contributed by atoms with Crippen LogP contribution in [0.2, 0.25) is 5.02 Å². The average Bonchev–Trinajstić information content (AvgIpc) is 2.33. The summed E-state index contributed by atoms with van der Waals surface area (Å²) in [5.41, 5.74) is 0.600. The molecule has 0 bridgehead atoms. The van der Waals surface area contributed by atoms with Crippen molar-refractivity contribution in [1.82, 2.24) is 4.90 Å². The van der Waals surface area contributed by atoms with Crippen LogP contribution < -0.4 is 0 Å². The van der Waals surface area contributed by atoms with Crippen LogP contribution in [0.25, 0.3) is 0 Å². The van der Waals surface area contributed by atoms with Gasteiger partial charge in [-0.25, -0.2) is 4.39 Å². The Morgan fingerprint density at radius 2 is 2.29 bits per heavy atom. The largest absolute Gasteiger partial charge is 0.302 e. The first-order valence-corrected chi connectivity index (χ1v) is 6.22. The molecule has 0 amide bonds. The number of hydrogen-bond acceptors (Lipinski definition) is 2. The van der Waals surface area contributed by atoms with Gasteiger partial charge in [0.15, 0.2) is 0 Å². The maximum absolute atomic E-state index is 13.6. The van der Waals surface area contributed by atoms with Crippen molar-refractivity contribution in [3.05, 3.63) is 34.6 Å². The molecule has 2 rings (SSSR count). The highest BCUT2D eigenvalue weighted by atomic mass is 35.5. The Hall–Kier alpha value is -0.930. The smallest absolute Gasteiger partial charge is 0.137 e. The molecule has 4 heteroatoms. The number of aldehydes is 1. The van der Waals surface area contributed by atoms with Crippen LogP contribution in [0, 0.1) is 5.82 Å². The van der Waals surface area contributed by atoms with Gasteiger partial charge in [-0.05, 0) is 31.5 Å². The van der Waals surface area contributed by atoms with Gasteiger partial charge in [-0.2, -0.15) is 0 Å². The Labute approximate surface area is 105 Å². The maximum atomic E-state index is 13.6. The Morgan fingerprint density at radius 1 is 1.47 bits per heavy atom. The van der Waals surface area contributed by atoms with Gasteiger partial charge in [0.2, 0.25) is 0 Å². The summed E-state index contributed by atoms with van der Waals surface area (Å²) in [4.78, 5) is 13.0. The van der Waals surface area contributed by atoms with E-state index < -0.39 is 0 Å². The standard InChI is InChI=1S/C13H15ClFNO/c14-11-5-4-10(13(15)7-11)8-16-6-2-1-3-12(16)9-17/h4-5,7,9,12H,1-3,6,8H2. The van der Waals surface area contributed by atoms with Gasteiger partial charge in [0, 0.05) is 17.1 Å². The fraction of sp³-hybridized carbons (Fsp3) is 0.462. The second kappa shape index (κ2) is 5.61. The second-order valence-corrected chi connectivity index (χ2v) is 4.84. The highest BCUT2D eigenvalue weighted by molar-refractivity contribution is 6.30. The third-order valence-corrected chi connectivity index (χ3v) is 3.44. The Bertz CT molecular complexity index is 410. The molecule has 1 aromatic rings. The van der Waals surface area contributed by atoms with Crippen molar-refractivity contribution >= 4 is 17.9 Å². The lowest BCUT2D eigenvalue weighted by Crippen LogP contribution is -2.40. The molecule has 1 aromatic carbocycles. The summed E-state index contributed by atoms with van der Waals surface area (Å²) in [7, 11) is 0. The van der Waals surface area contributed by atoms with Crippen molar-refractivity contribution in [2.45, 2.75) is 31.8 Å². The number of carbonyl (C=O) groups excluding carboxylic acids is 1. The summed E-state index contributed by atoms with van der Waals surface area (Å²) in [6, 6.07) is 4.61. The minimum absolute atomic E-state index is 0.0705. The molecular formula is C13H15ClFNO. The van der Waals surface area contributed by atoms with Crippen molar-refractivity contribution < 1.29 is 9.18 Å². The van der Waals surface area contributed by atoms with Crippen LogP contribution >= 0.6 is 11.6 Å². The van der Waals surface area contributed by atoms with E-state index in [1.54, 1.807) is 12.1 Å². The molecule has 1 unspecified atom stereocenters. The van der Waals surface area contributed by atoms with Gasteiger partial charge in [-0.1, -0.05) is 24.1 Å². The molecule has 1 heterocycles. The highest BCUT2D eigenvalue weighted by Gasteiger charge is 2.22. The number of piperidine rings is 1. The number of halogens is 2. The molecule has 1 saturated heterocycles. The Morgan fingerprint density at radius 3 is 3.00 bits per heavy atom. The van der Waals surface area contributed by atoms with Crippen LogP contribution in [0.15, 0.2) is 18.2 Å². The molecule has 1 atom stereocenters. The molecule has 92 valence electrons. The Kier molecular flexibility index (Phi) is 4.13. The fourth-order valence-corrected chi connectivity index (χ4v) is 2.39. The van der Waals surface area contributed by atoms with Gasteiger partial charge in [0.1, 0.15) is 12.1 Å². The summed E-state index contributed by atoms with van der Waals surface area (Å²) in [5.74, 6) is -0.298. The van der Waals surface area contributed by atoms with Gasteiger partial charge >= 0.3 is 0 Å². The van der Waals surface area contributed by atoms with Crippen LogP contribution in [-0.4, -0.2) is 23.8 Å². The molecule has 0 N–H and O–H groups in total. The van der Waals surface area contributed by atoms with Crippen molar-refractivity contribution in [1.29, 1.82) is 0 Å². The lowest BCUT2D eigenvalue weighted by molar-refractivity contribution is -0.113. The minimum Gasteiger partial charge on any atom is -0.302 e. The third-order valence-electron chi connectivity index (χ3n) is 3.21. The summed E-state index contributed by atoms with van der Waals surface area (Å²) >= 11 is 5.71. The van der Waals surface area contributed by atoms with E-state index in [9.17, 15) is 9.18 Å². The van der Waals surface area contributed by atoms with E-state index in [4.69, 9.17) is 11.6 Å². The SMILES string of the molecule is O=CC1CCCCN1Cc1ccc(Cl)cc1F. The molecule has 0 saturated carbocycles. The molecule has 2 nitrogen and oxygen atoms in total. The van der Waals surface area contributed by atoms with Crippen LogP contribution in [0.5, 0.6) is 0 Å². The summed E-state index contributed by atoms with van der Waals surface area (Å²) < 4.78 is 13.6. The van der Waals surface area contributed by atoms with Crippen LogP contribution in [0.4, 0.5) is 4.39 Å². The van der Waals surface area contributed by atoms with E-state index in [1.165, 1.54) is 6.07 Å². The van der Waals surface area contributed by atoms with Gasteiger partial charge < -0.3 is 4.79 Å². The highest BCUT2D eigenvalue weighted by Crippen LogP contribution is 2.21. The van der Waals surface area contributed by atoms with E-state index >= 15 is 0 Å². The first-order chi connectivity index (χ1) is 8.20. The molecule has 1 aliphatic rings. The monoisotopic (exact) mass is 255 g/mol.